The summed E-state index contributed by atoms with van der Waals surface area (Å²) < 4.78 is 10.7. The van der Waals surface area contributed by atoms with Crippen LogP contribution in [-0.4, -0.2) is 36.8 Å². The van der Waals surface area contributed by atoms with Crippen LogP contribution >= 0.6 is 0 Å². The van der Waals surface area contributed by atoms with E-state index in [0.29, 0.717) is 22.9 Å². The number of anilines is 3. The van der Waals surface area contributed by atoms with Crippen LogP contribution in [-0.2, 0) is 0 Å². The first-order valence-corrected chi connectivity index (χ1v) is 9.49. The van der Waals surface area contributed by atoms with E-state index in [4.69, 9.17) is 20.9 Å². The zero-order valence-electron chi connectivity index (χ0n) is 15.9. The second-order valence-electron chi connectivity index (χ2n) is 7.25. The fraction of sp³-hybridized carbons (Fsp3) is 0.400. The number of primary amides is 1. The van der Waals surface area contributed by atoms with Gasteiger partial charge in [0.25, 0.3) is 5.91 Å². The molecule has 0 radical (unpaired) electrons. The van der Waals surface area contributed by atoms with Crippen molar-refractivity contribution in [1.29, 1.82) is 0 Å². The van der Waals surface area contributed by atoms with Gasteiger partial charge in [0, 0.05) is 30.9 Å². The minimum atomic E-state index is -0.542. The number of hydrogen-bond donors (Lipinski definition) is 3. The SMILES string of the molecule is CN(c1ccc(C(N)=O)c(Nc2ccc3c(c2)OCO3)n1)C1CCCCC1N. The number of rotatable bonds is 5. The lowest BCUT2D eigenvalue weighted by Crippen LogP contribution is -2.48. The molecule has 1 aromatic heterocycles. The number of fused-ring (bicyclic) bond motifs is 1. The van der Waals surface area contributed by atoms with E-state index in [1.54, 1.807) is 6.07 Å². The van der Waals surface area contributed by atoms with E-state index >= 15 is 0 Å². The van der Waals surface area contributed by atoms with E-state index in [1.165, 1.54) is 0 Å². The van der Waals surface area contributed by atoms with Crippen LogP contribution in [0.1, 0.15) is 36.0 Å². The second kappa shape index (κ2) is 7.55. The number of benzene rings is 1. The highest BCUT2D eigenvalue weighted by molar-refractivity contribution is 5.98. The maximum Gasteiger partial charge on any atom is 0.252 e. The van der Waals surface area contributed by atoms with Crippen LogP contribution in [0.4, 0.5) is 17.3 Å². The van der Waals surface area contributed by atoms with Crippen molar-refractivity contribution < 1.29 is 14.3 Å². The molecule has 148 valence electrons. The van der Waals surface area contributed by atoms with E-state index < -0.39 is 5.91 Å². The number of nitrogens with one attached hydrogen (secondary N) is 1. The largest absolute Gasteiger partial charge is 0.454 e. The molecule has 2 unspecified atom stereocenters. The summed E-state index contributed by atoms with van der Waals surface area (Å²) in [6.45, 7) is 0.200. The van der Waals surface area contributed by atoms with Gasteiger partial charge in [-0.15, -0.1) is 0 Å². The van der Waals surface area contributed by atoms with Gasteiger partial charge in [0.15, 0.2) is 11.5 Å². The summed E-state index contributed by atoms with van der Waals surface area (Å²) in [5.41, 5.74) is 12.9. The van der Waals surface area contributed by atoms with Crippen molar-refractivity contribution in [3.63, 3.8) is 0 Å². The van der Waals surface area contributed by atoms with Crippen LogP contribution in [0.2, 0.25) is 0 Å². The van der Waals surface area contributed by atoms with Crippen molar-refractivity contribution in [3.8, 4) is 11.5 Å². The molecule has 1 aliphatic heterocycles. The predicted octanol–water partition coefficient (Wildman–Crippen LogP) is 2.36. The van der Waals surface area contributed by atoms with E-state index in [-0.39, 0.29) is 18.9 Å². The average Bonchev–Trinajstić information content (AvgIpc) is 3.15. The van der Waals surface area contributed by atoms with Crippen LogP contribution in [0.3, 0.4) is 0 Å². The van der Waals surface area contributed by atoms with Gasteiger partial charge in [-0.25, -0.2) is 4.98 Å². The maximum absolute atomic E-state index is 11.9. The first-order chi connectivity index (χ1) is 13.5. The van der Waals surface area contributed by atoms with Crippen LogP contribution in [0.15, 0.2) is 30.3 Å². The van der Waals surface area contributed by atoms with Gasteiger partial charge in [-0.2, -0.15) is 0 Å². The number of carbonyl (C=O) groups excluding carboxylic acids is 1. The number of amides is 1. The number of nitrogens with zero attached hydrogens (tertiary/aromatic N) is 2. The minimum Gasteiger partial charge on any atom is -0.454 e. The topological polar surface area (TPSA) is 116 Å². The Hall–Kier alpha value is -3.00. The molecule has 1 fully saturated rings. The first kappa shape index (κ1) is 18.4. The minimum absolute atomic E-state index is 0.113. The molecular formula is C20H25N5O3. The third-order valence-electron chi connectivity index (χ3n) is 5.42. The standard InChI is InChI=1S/C20H25N5O3/c1-25(15-5-3-2-4-14(15)21)18-9-7-13(19(22)26)20(24-18)23-12-6-8-16-17(10-12)28-11-27-16/h6-10,14-15H,2-5,11,21H2,1H3,(H2,22,26)(H,23,24). The summed E-state index contributed by atoms with van der Waals surface area (Å²) in [5, 5.41) is 3.19. The molecule has 2 atom stereocenters. The molecule has 8 heteroatoms. The van der Waals surface area contributed by atoms with Crippen LogP contribution < -0.4 is 31.2 Å². The average molecular weight is 383 g/mol. The summed E-state index contributed by atoms with van der Waals surface area (Å²) in [7, 11) is 1.99. The lowest BCUT2D eigenvalue weighted by Gasteiger charge is -2.36. The molecule has 2 heterocycles. The summed E-state index contributed by atoms with van der Waals surface area (Å²) in [4.78, 5) is 18.7. The molecule has 2 aromatic rings. The number of hydrogen-bond acceptors (Lipinski definition) is 7. The molecule has 1 saturated carbocycles. The van der Waals surface area contributed by atoms with Gasteiger partial charge in [0.1, 0.15) is 11.6 Å². The van der Waals surface area contributed by atoms with Gasteiger partial charge in [0.05, 0.1) is 5.56 Å². The highest BCUT2D eigenvalue weighted by Crippen LogP contribution is 2.35. The van der Waals surface area contributed by atoms with Crippen LogP contribution in [0, 0.1) is 0 Å². The number of pyridine rings is 1. The van der Waals surface area contributed by atoms with Crippen molar-refractivity contribution in [2.45, 2.75) is 37.8 Å². The Labute approximate surface area is 163 Å². The van der Waals surface area contributed by atoms with Gasteiger partial charge in [-0.3, -0.25) is 4.79 Å². The number of nitrogens with two attached hydrogens (primary N) is 2. The fourth-order valence-electron chi connectivity index (χ4n) is 3.84. The highest BCUT2D eigenvalue weighted by atomic mass is 16.7. The van der Waals surface area contributed by atoms with Crippen LogP contribution in [0.5, 0.6) is 11.5 Å². The van der Waals surface area contributed by atoms with E-state index in [1.807, 2.05) is 31.3 Å². The van der Waals surface area contributed by atoms with Crippen molar-refractivity contribution >= 4 is 23.2 Å². The molecule has 1 amide bonds. The predicted molar refractivity (Wildman–Crippen MR) is 107 cm³/mol. The van der Waals surface area contributed by atoms with Gasteiger partial charge >= 0.3 is 0 Å². The Morgan fingerprint density at radius 2 is 1.96 bits per heavy atom. The zero-order valence-corrected chi connectivity index (χ0v) is 15.9. The highest BCUT2D eigenvalue weighted by Gasteiger charge is 2.27. The molecule has 0 spiro atoms. The number of aromatic nitrogens is 1. The molecule has 8 nitrogen and oxygen atoms in total. The molecule has 1 aromatic carbocycles. The third kappa shape index (κ3) is 3.55. The molecule has 1 aliphatic carbocycles. The number of ether oxygens (including phenoxy) is 2. The summed E-state index contributed by atoms with van der Waals surface area (Å²) in [5.74, 6) is 1.94. The lowest BCUT2D eigenvalue weighted by atomic mass is 9.90. The molecule has 0 bridgehead atoms. The number of carbonyl (C=O) groups is 1. The number of likely N-dealkylation sites (N-methyl/N-ethyl adjacent to an activating group) is 1. The first-order valence-electron chi connectivity index (χ1n) is 9.49. The molecular weight excluding hydrogens is 358 g/mol. The van der Waals surface area contributed by atoms with Crippen molar-refractivity contribution in [1.82, 2.24) is 4.98 Å². The summed E-state index contributed by atoms with van der Waals surface area (Å²) >= 11 is 0. The molecule has 5 N–H and O–H groups in total. The van der Waals surface area contributed by atoms with Gasteiger partial charge in [-0.05, 0) is 37.1 Å². The summed E-state index contributed by atoms with van der Waals surface area (Å²) in [6, 6.07) is 9.30. The smallest absolute Gasteiger partial charge is 0.252 e. The quantitative estimate of drug-likeness (QED) is 0.726. The Balaban J connectivity index is 1.63. The van der Waals surface area contributed by atoms with Gasteiger partial charge < -0.3 is 31.2 Å². The van der Waals surface area contributed by atoms with Gasteiger partial charge in [-0.1, -0.05) is 12.8 Å². The van der Waals surface area contributed by atoms with Crippen molar-refractivity contribution in [3.05, 3.63) is 35.9 Å². The van der Waals surface area contributed by atoms with E-state index in [2.05, 4.69) is 15.2 Å². The third-order valence-corrected chi connectivity index (χ3v) is 5.42. The monoisotopic (exact) mass is 383 g/mol. The Bertz CT molecular complexity index is 888. The Morgan fingerprint density at radius 3 is 2.75 bits per heavy atom. The Kier molecular flexibility index (Phi) is 4.95. The van der Waals surface area contributed by atoms with Crippen molar-refractivity contribution in [2.24, 2.45) is 11.5 Å². The van der Waals surface area contributed by atoms with Crippen molar-refractivity contribution in [2.75, 3.05) is 24.1 Å². The van der Waals surface area contributed by atoms with E-state index in [0.717, 1.165) is 37.2 Å². The molecule has 28 heavy (non-hydrogen) atoms. The Morgan fingerprint density at radius 1 is 1.18 bits per heavy atom. The molecule has 2 aliphatic rings. The van der Waals surface area contributed by atoms with E-state index in [9.17, 15) is 4.79 Å². The van der Waals surface area contributed by atoms with Gasteiger partial charge in [0.2, 0.25) is 6.79 Å². The summed E-state index contributed by atoms with van der Waals surface area (Å²) in [6.07, 6.45) is 4.36. The second-order valence-corrected chi connectivity index (χ2v) is 7.25. The maximum atomic E-state index is 11.9. The zero-order chi connectivity index (χ0) is 19.7. The normalized spacial score (nSPS) is 20.6. The molecule has 0 saturated heterocycles. The van der Waals surface area contributed by atoms with Crippen LogP contribution in [0.25, 0.3) is 0 Å². The lowest BCUT2D eigenvalue weighted by molar-refractivity contribution is 0.100. The fourth-order valence-corrected chi connectivity index (χ4v) is 3.84. The molecule has 4 rings (SSSR count).